The van der Waals surface area contributed by atoms with Gasteiger partial charge in [0.2, 0.25) is 0 Å². The third kappa shape index (κ3) is 2.87. The number of thioether (sulfide) groups is 1. The van der Waals surface area contributed by atoms with Crippen LogP contribution in [0.1, 0.15) is 24.3 Å². The third-order valence-electron chi connectivity index (χ3n) is 2.98. The lowest BCUT2D eigenvalue weighted by Gasteiger charge is -2.29. The molecule has 2 unspecified atom stereocenters. The van der Waals surface area contributed by atoms with Crippen LogP contribution in [0.5, 0.6) is 11.5 Å². The van der Waals surface area contributed by atoms with E-state index in [1.54, 1.807) is 14.2 Å². The van der Waals surface area contributed by atoms with Crippen molar-refractivity contribution in [1.82, 2.24) is 5.32 Å². The maximum atomic E-state index is 5.33. The quantitative estimate of drug-likeness (QED) is 0.897. The summed E-state index contributed by atoms with van der Waals surface area (Å²) < 4.78 is 10.6. The topological polar surface area (TPSA) is 30.5 Å². The van der Waals surface area contributed by atoms with Crippen LogP contribution in [0.25, 0.3) is 0 Å². The number of benzene rings is 1. The van der Waals surface area contributed by atoms with Crippen LogP contribution in [0.3, 0.4) is 0 Å². The maximum absolute atomic E-state index is 5.33. The lowest BCUT2D eigenvalue weighted by Crippen LogP contribution is -2.33. The minimum Gasteiger partial charge on any atom is -0.493 e. The van der Waals surface area contributed by atoms with E-state index in [0.29, 0.717) is 11.4 Å². The van der Waals surface area contributed by atoms with Crippen LogP contribution in [0.4, 0.5) is 0 Å². The second-order valence-corrected chi connectivity index (χ2v) is 5.43. The smallest absolute Gasteiger partial charge is 0.161 e. The summed E-state index contributed by atoms with van der Waals surface area (Å²) in [6.45, 7) is 2.23. The molecule has 1 saturated heterocycles. The first-order chi connectivity index (χ1) is 8.24. The molecule has 1 fully saturated rings. The van der Waals surface area contributed by atoms with Gasteiger partial charge in [0.1, 0.15) is 0 Å². The SMILES string of the molecule is COc1ccc(C2NC(C)CCS2)cc1OC. The van der Waals surface area contributed by atoms with Crippen molar-refractivity contribution in [3.8, 4) is 11.5 Å². The second kappa shape index (κ2) is 5.65. The van der Waals surface area contributed by atoms with Crippen molar-refractivity contribution in [3.63, 3.8) is 0 Å². The van der Waals surface area contributed by atoms with Crippen LogP contribution in [-0.4, -0.2) is 26.0 Å². The van der Waals surface area contributed by atoms with E-state index in [9.17, 15) is 0 Å². The van der Waals surface area contributed by atoms with E-state index in [-0.39, 0.29) is 0 Å². The Morgan fingerprint density at radius 3 is 2.65 bits per heavy atom. The van der Waals surface area contributed by atoms with E-state index in [2.05, 4.69) is 24.4 Å². The Balaban J connectivity index is 2.20. The summed E-state index contributed by atoms with van der Waals surface area (Å²) in [5.41, 5.74) is 1.25. The summed E-state index contributed by atoms with van der Waals surface area (Å²) in [5, 5.41) is 3.95. The standard InChI is InChI=1S/C13H19NO2S/c1-9-6-7-17-13(14-9)10-4-5-11(15-2)12(8-10)16-3/h4-5,8-9,13-14H,6-7H2,1-3H3. The van der Waals surface area contributed by atoms with Gasteiger partial charge in [-0.15, -0.1) is 11.8 Å². The number of ether oxygens (including phenoxy) is 2. The van der Waals surface area contributed by atoms with Gasteiger partial charge in [0.25, 0.3) is 0 Å². The van der Waals surface area contributed by atoms with Crippen molar-refractivity contribution >= 4 is 11.8 Å². The number of methoxy groups -OCH3 is 2. The van der Waals surface area contributed by atoms with Gasteiger partial charge in [0, 0.05) is 6.04 Å². The van der Waals surface area contributed by atoms with E-state index in [4.69, 9.17) is 9.47 Å². The van der Waals surface area contributed by atoms with Crippen molar-refractivity contribution in [2.45, 2.75) is 24.8 Å². The molecule has 0 amide bonds. The van der Waals surface area contributed by atoms with E-state index < -0.39 is 0 Å². The van der Waals surface area contributed by atoms with Crippen molar-refractivity contribution in [2.75, 3.05) is 20.0 Å². The van der Waals surface area contributed by atoms with Gasteiger partial charge < -0.3 is 9.47 Å². The van der Waals surface area contributed by atoms with Crippen LogP contribution >= 0.6 is 11.8 Å². The molecule has 0 radical (unpaired) electrons. The van der Waals surface area contributed by atoms with Crippen LogP contribution in [0.2, 0.25) is 0 Å². The van der Waals surface area contributed by atoms with Gasteiger partial charge in [-0.05, 0) is 36.8 Å². The zero-order valence-electron chi connectivity index (χ0n) is 10.5. The van der Waals surface area contributed by atoms with Crippen molar-refractivity contribution < 1.29 is 9.47 Å². The first kappa shape index (κ1) is 12.6. The van der Waals surface area contributed by atoms with Crippen LogP contribution in [0, 0.1) is 0 Å². The Morgan fingerprint density at radius 2 is 2.00 bits per heavy atom. The Bertz CT molecular complexity index is 384. The average Bonchev–Trinajstić information content (AvgIpc) is 2.38. The highest BCUT2D eigenvalue weighted by molar-refractivity contribution is 7.99. The van der Waals surface area contributed by atoms with Gasteiger partial charge in [-0.25, -0.2) is 0 Å². The van der Waals surface area contributed by atoms with Gasteiger partial charge in [-0.2, -0.15) is 0 Å². The fraction of sp³-hybridized carbons (Fsp3) is 0.538. The maximum Gasteiger partial charge on any atom is 0.161 e. The largest absolute Gasteiger partial charge is 0.493 e. The van der Waals surface area contributed by atoms with E-state index in [1.807, 2.05) is 17.8 Å². The predicted molar refractivity (Wildman–Crippen MR) is 72.0 cm³/mol. The molecule has 17 heavy (non-hydrogen) atoms. The second-order valence-electron chi connectivity index (χ2n) is 4.22. The molecule has 0 spiro atoms. The highest BCUT2D eigenvalue weighted by atomic mass is 32.2. The van der Waals surface area contributed by atoms with Crippen LogP contribution < -0.4 is 14.8 Å². The molecule has 1 aliphatic heterocycles. The first-order valence-electron chi connectivity index (χ1n) is 5.84. The molecular formula is C13H19NO2S. The monoisotopic (exact) mass is 253 g/mol. The normalized spacial score (nSPS) is 24.4. The highest BCUT2D eigenvalue weighted by Gasteiger charge is 2.20. The Morgan fingerprint density at radius 1 is 1.24 bits per heavy atom. The molecule has 0 saturated carbocycles. The van der Waals surface area contributed by atoms with Gasteiger partial charge >= 0.3 is 0 Å². The Labute approximate surface area is 107 Å². The Hall–Kier alpha value is -0.870. The van der Waals surface area contributed by atoms with Crippen molar-refractivity contribution in [1.29, 1.82) is 0 Å². The minimum atomic E-state index is 0.360. The number of rotatable bonds is 3. The van der Waals surface area contributed by atoms with Crippen LogP contribution in [-0.2, 0) is 0 Å². The molecule has 1 heterocycles. The third-order valence-corrected chi connectivity index (χ3v) is 4.19. The van der Waals surface area contributed by atoms with E-state index >= 15 is 0 Å². The molecule has 0 aromatic heterocycles. The number of nitrogens with one attached hydrogen (secondary N) is 1. The van der Waals surface area contributed by atoms with E-state index in [0.717, 1.165) is 11.5 Å². The molecule has 0 aliphatic carbocycles. The summed E-state index contributed by atoms with van der Waals surface area (Å²) in [7, 11) is 3.33. The zero-order valence-corrected chi connectivity index (χ0v) is 11.3. The average molecular weight is 253 g/mol. The first-order valence-corrected chi connectivity index (χ1v) is 6.89. The molecule has 4 heteroatoms. The fourth-order valence-electron chi connectivity index (χ4n) is 1.96. The predicted octanol–water partition coefficient (Wildman–Crippen LogP) is 2.82. The highest BCUT2D eigenvalue weighted by Crippen LogP contribution is 2.36. The van der Waals surface area contributed by atoms with Gasteiger partial charge in [-0.3, -0.25) is 5.32 Å². The number of hydrogen-bond acceptors (Lipinski definition) is 4. The van der Waals surface area contributed by atoms with E-state index in [1.165, 1.54) is 17.7 Å². The molecule has 2 atom stereocenters. The molecule has 1 N–H and O–H groups in total. The van der Waals surface area contributed by atoms with Crippen molar-refractivity contribution in [2.24, 2.45) is 0 Å². The summed E-state index contributed by atoms with van der Waals surface area (Å²) in [5.74, 6) is 2.78. The Kier molecular flexibility index (Phi) is 4.18. The molecule has 94 valence electrons. The van der Waals surface area contributed by atoms with Crippen molar-refractivity contribution in [3.05, 3.63) is 23.8 Å². The number of hydrogen-bond donors (Lipinski definition) is 1. The summed E-state index contributed by atoms with van der Waals surface area (Å²) in [6, 6.07) is 6.70. The molecule has 1 aliphatic rings. The summed E-state index contributed by atoms with van der Waals surface area (Å²) in [4.78, 5) is 0. The van der Waals surface area contributed by atoms with Gasteiger partial charge in [-0.1, -0.05) is 6.07 Å². The molecule has 0 bridgehead atoms. The zero-order chi connectivity index (χ0) is 12.3. The van der Waals surface area contributed by atoms with Crippen LogP contribution in [0.15, 0.2) is 18.2 Å². The van der Waals surface area contributed by atoms with Gasteiger partial charge in [0.15, 0.2) is 11.5 Å². The molecule has 2 rings (SSSR count). The molecule has 1 aromatic rings. The lowest BCUT2D eigenvalue weighted by molar-refractivity contribution is 0.354. The summed E-state index contributed by atoms with van der Waals surface area (Å²) in [6.07, 6.45) is 1.23. The summed E-state index contributed by atoms with van der Waals surface area (Å²) >= 11 is 1.95. The van der Waals surface area contributed by atoms with Gasteiger partial charge in [0.05, 0.1) is 19.6 Å². The molecule has 1 aromatic carbocycles. The molecular weight excluding hydrogens is 234 g/mol. The minimum absolute atomic E-state index is 0.360. The molecule has 3 nitrogen and oxygen atoms in total. The fourth-order valence-corrected chi connectivity index (χ4v) is 3.35. The lowest BCUT2D eigenvalue weighted by atomic mass is 10.1.